The number of fused-ring (bicyclic) bond motifs is 2. The highest BCUT2D eigenvalue weighted by molar-refractivity contribution is 9.10. The summed E-state index contributed by atoms with van der Waals surface area (Å²) in [6.45, 7) is 15.2. The minimum absolute atomic E-state index is 0.375. The quantitative estimate of drug-likeness (QED) is 0.340. The van der Waals surface area contributed by atoms with Crippen molar-refractivity contribution in [2.24, 2.45) is 0 Å². The molecule has 6 heteroatoms. The molecule has 2 heterocycles. The molecule has 0 radical (unpaired) electrons. The van der Waals surface area contributed by atoms with Crippen molar-refractivity contribution in [1.82, 2.24) is 19.7 Å². The molecular formula is C30H45BrN4O. The van der Waals surface area contributed by atoms with E-state index in [-0.39, 0.29) is 0 Å². The average molecular weight is 558 g/mol. The summed E-state index contributed by atoms with van der Waals surface area (Å²) in [5, 5.41) is 0. The summed E-state index contributed by atoms with van der Waals surface area (Å²) in [7, 11) is 2.20. The normalized spacial score (nSPS) is 16.8. The highest BCUT2D eigenvalue weighted by Gasteiger charge is 2.30. The van der Waals surface area contributed by atoms with Crippen molar-refractivity contribution in [1.29, 1.82) is 0 Å². The van der Waals surface area contributed by atoms with Crippen LogP contribution in [0.5, 0.6) is 0 Å². The Kier molecular flexibility index (Phi) is 15.3. The summed E-state index contributed by atoms with van der Waals surface area (Å²) in [5.41, 5.74) is 7.05. The molecule has 5 nitrogen and oxygen atoms in total. The number of terminal acetylenes is 1. The summed E-state index contributed by atoms with van der Waals surface area (Å²) in [6, 6.07) is 9.61. The summed E-state index contributed by atoms with van der Waals surface area (Å²) in [4.78, 5) is 21.6. The minimum atomic E-state index is 0.375. The van der Waals surface area contributed by atoms with Crippen LogP contribution in [0.25, 0.3) is 0 Å². The number of carbonyl (C=O) groups is 1. The molecule has 0 bridgehead atoms. The number of hydrogen-bond acceptors (Lipinski definition) is 4. The second-order valence-electron chi connectivity index (χ2n) is 8.96. The van der Waals surface area contributed by atoms with Crippen LogP contribution in [0.1, 0.15) is 68.1 Å². The van der Waals surface area contributed by atoms with Gasteiger partial charge in [0, 0.05) is 36.8 Å². The Balaban J connectivity index is 0.000000461. The molecule has 2 aromatic rings. The third kappa shape index (κ3) is 9.35. The summed E-state index contributed by atoms with van der Waals surface area (Å²) >= 11 is 3.61. The largest absolute Gasteiger partial charge is 0.346 e. The van der Waals surface area contributed by atoms with E-state index in [0.717, 1.165) is 69.4 Å². The fraction of sp³-hybridized carbons (Fsp3) is 0.533. The van der Waals surface area contributed by atoms with Crippen LogP contribution in [0.15, 0.2) is 34.9 Å². The molecule has 0 N–H and O–H groups in total. The Hall–Kier alpha value is -2.20. The number of carbonyl (C=O) groups excluding carboxylic acids is 1. The van der Waals surface area contributed by atoms with Gasteiger partial charge in [-0.25, -0.2) is 0 Å². The van der Waals surface area contributed by atoms with Crippen LogP contribution in [0.3, 0.4) is 0 Å². The van der Waals surface area contributed by atoms with Crippen LogP contribution in [-0.2, 0) is 24.1 Å². The molecule has 1 amide bonds. The third-order valence-electron chi connectivity index (χ3n) is 6.42. The summed E-state index contributed by atoms with van der Waals surface area (Å²) in [6.07, 6.45) is 15.1. The number of benzene rings is 1. The molecule has 0 saturated carbocycles. The lowest BCUT2D eigenvalue weighted by atomic mass is 9.87. The molecule has 0 spiro atoms. The van der Waals surface area contributed by atoms with E-state index in [0.29, 0.717) is 6.04 Å². The summed E-state index contributed by atoms with van der Waals surface area (Å²) < 4.78 is 1.09. The molecule has 1 atom stereocenters. The molecule has 4 rings (SSSR count). The van der Waals surface area contributed by atoms with Crippen molar-refractivity contribution in [3.05, 3.63) is 62.9 Å². The van der Waals surface area contributed by atoms with Crippen LogP contribution in [0.2, 0.25) is 0 Å². The maximum absolute atomic E-state index is 10.1. The molecule has 1 saturated heterocycles. The molecule has 36 heavy (non-hydrogen) atoms. The standard InChI is InChI=1S/C20H24BrN3.C6H13NO.C2H6.C2H2/c1-14-3-4-16-11-19(24-8-7-23(2)13-24)20-17(6-5-15(16)9-14)10-18(21)12-22-20;1-3-5-7(4-2)6-8;2*1-2/h3-4,9-10,12,19H,5-8,11,13H2,1-2H3;6H,3-5H2,1-2H3;1-2H3;1-2H/t19-;;;/m0.../s1. The molecule has 1 aromatic carbocycles. The molecule has 1 aliphatic carbocycles. The molecular weight excluding hydrogens is 512 g/mol. The lowest BCUT2D eigenvalue weighted by Gasteiger charge is -2.31. The molecule has 198 valence electrons. The van der Waals surface area contributed by atoms with Crippen molar-refractivity contribution in [3.8, 4) is 12.8 Å². The van der Waals surface area contributed by atoms with Gasteiger partial charge in [-0.2, -0.15) is 0 Å². The van der Waals surface area contributed by atoms with Gasteiger partial charge in [-0.05, 0) is 85.3 Å². The Morgan fingerprint density at radius 2 is 1.81 bits per heavy atom. The van der Waals surface area contributed by atoms with Crippen LogP contribution in [0, 0.1) is 19.8 Å². The van der Waals surface area contributed by atoms with Gasteiger partial charge in [0.05, 0.1) is 18.4 Å². The molecule has 2 aliphatic rings. The number of pyridine rings is 1. The second kappa shape index (κ2) is 17.3. The van der Waals surface area contributed by atoms with Gasteiger partial charge in [-0.1, -0.05) is 44.5 Å². The number of halogens is 1. The number of rotatable bonds is 5. The number of aryl methyl sites for hydroxylation is 3. The molecule has 1 aromatic heterocycles. The van der Waals surface area contributed by atoms with E-state index >= 15 is 0 Å². The van der Waals surface area contributed by atoms with Gasteiger partial charge >= 0.3 is 0 Å². The first kappa shape index (κ1) is 31.8. The van der Waals surface area contributed by atoms with E-state index in [1.807, 2.05) is 27.0 Å². The highest BCUT2D eigenvalue weighted by Crippen LogP contribution is 2.33. The third-order valence-corrected chi connectivity index (χ3v) is 6.85. The van der Waals surface area contributed by atoms with Crippen molar-refractivity contribution in [3.63, 3.8) is 0 Å². The fourth-order valence-electron chi connectivity index (χ4n) is 4.63. The van der Waals surface area contributed by atoms with Gasteiger partial charge < -0.3 is 4.90 Å². The monoisotopic (exact) mass is 556 g/mol. The first-order valence-corrected chi connectivity index (χ1v) is 13.9. The van der Waals surface area contributed by atoms with E-state index in [2.05, 4.69) is 83.7 Å². The van der Waals surface area contributed by atoms with Crippen molar-refractivity contribution >= 4 is 22.3 Å². The van der Waals surface area contributed by atoms with Gasteiger partial charge in [0.25, 0.3) is 0 Å². The first-order chi connectivity index (χ1) is 17.4. The van der Waals surface area contributed by atoms with Gasteiger partial charge in [-0.15, -0.1) is 12.8 Å². The lowest BCUT2D eigenvalue weighted by Crippen LogP contribution is -2.32. The number of likely N-dealkylation sites (N-methyl/N-ethyl adjacent to an activating group) is 1. The minimum Gasteiger partial charge on any atom is -0.346 e. The Morgan fingerprint density at radius 1 is 1.11 bits per heavy atom. The van der Waals surface area contributed by atoms with Crippen molar-refractivity contribution < 1.29 is 4.79 Å². The van der Waals surface area contributed by atoms with E-state index in [1.54, 1.807) is 4.90 Å². The van der Waals surface area contributed by atoms with Gasteiger partial charge in [0.15, 0.2) is 0 Å². The maximum Gasteiger partial charge on any atom is 0.209 e. The average Bonchev–Trinajstić information content (AvgIpc) is 3.33. The Bertz CT molecular complexity index is 946. The van der Waals surface area contributed by atoms with Crippen LogP contribution < -0.4 is 0 Å². The molecule has 1 fully saturated rings. The van der Waals surface area contributed by atoms with Crippen LogP contribution in [-0.4, -0.2) is 66.0 Å². The second-order valence-corrected chi connectivity index (χ2v) is 9.87. The van der Waals surface area contributed by atoms with E-state index in [9.17, 15) is 4.79 Å². The van der Waals surface area contributed by atoms with Crippen molar-refractivity contribution in [2.45, 2.75) is 66.3 Å². The van der Waals surface area contributed by atoms with Gasteiger partial charge in [0.2, 0.25) is 6.41 Å². The number of amides is 1. The number of hydrogen-bond donors (Lipinski definition) is 0. The van der Waals surface area contributed by atoms with Crippen molar-refractivity contribution in [2.75, 3.05) is 39.9 Å². The zero-order valence-electron chi connectivity index (χ0n) is 23.1. The maximum atomic E-state index is 10.1. The van der Waals surface area contributed by atoms with E-state index < -0.39 is 0 Å². The molecule has 1 aliphatic heterocycles. The molecule has 0 unspecified atom stereocenters. The topological polar surface area (TPSA) is 39.7 Å². The zero-order chi connectivity index (χ0) is 27.1. The zero-order valence-corrected chi connectivity index (χ0v) is 24.7. The number of aromatic nitrogens is 1. The SMILES string of the molecule is C#C.CC.CCCN(C=O)CC.Cc1ccc2c(c1)CCc1cc(Br)cnc1[C@@H](N1CCN(C)C1)C2. The number of nitrogens with zero attached hydrogens (tertiary/aromatic N) is 4. The Morgan fingerprint density at radius 3 is 2.36 bits per heavy atom. The predicted octanol–water partition coefficient (Wildman–Crippen LogP) is 5.89. The highest BCUT2D eigenvalue weighted by atomic mass is 79.9. The van der Waals surface area contributed by atoms with E-state index in [4.69, 9.17) is 4.98 Å². The smallest absolute Gasteiger partial charge is 0.209 e. The fourth-order valence-corrected chi connectivity index (χ4v) is 5.01. The summed E-state index contributed by atoms with van der Waals surface area (Å²) in [5.74, 6) is 0. The van der Waals surface area contributed by atoms with Gasteiger partial charge in [-0.3, -0.25) is 19.6 Å². The van der Waals surface area contributed by atoms with E-state index in [1.165, 1.54) is 27.9 Å². The van der Waals surface area contributed by atoms with Gasteiger partial charge in [0.1, 0.15) is 0 Å². The lowest BCUT2D eigenvalue weighted by molar-refractivity contribution is -0.118. The van der Waals surface area contributed by atoms with Crippen LogP contribution in [0.4, 0.5) is 0 Å². The Labute approximate surface area is 228 Å². The van der Waals surface area contributed by atoms with Crippen LogP contribution >= 0.6 is 15.9 Å². The first-order valence-electron chi connectivity index (χ1n) is 13.1. The predicted molar refractivity (Wildman–Crippen MR) is 156 cm³/mol.